The Kier molecular flexibility index (Phi) is 4.46. The number of nitrogens with one attached hydrogen (secondary N) is 3. The third kappa shape index (κ3) is 3.69. The van der Waals surface area contributed by atoms with Gasteiger partial charge in [0.25, 0.3) is 0 Å². The second-order valence-electron chi connectivity index (χ2n) is 5.83. The largest absolute Gasteiger partial charge is 0.417 e. The summed E-state index contributed by atoms with van der Waals surface area (Å²) < 4.78 is 5.03. The maximum atomic E-state index is 11.8. The minimum Gasteiger partial charge on any atom is -0.408 e. The maximum absolute atomic E-state index is 11.8. The molecule has 6 heteroatoms. The number of fused-ring (bicyclic) bond motifs is 1. The number of hydrogen-bond donors (Lipinski definition) is 3. The van der Waals surface area contributed by atoms with Crippen molar-refractivity contribution in [1.82, 2.24) is 15.6 Å². The smallest absolute Gasteiger partial charge is 0.408 e. The number of H-pyrrole nitrogens is 1. The summed E-state index contributed by atoms with van der Waals surface area (Å²) in [5.41, 5.74) is 2.26. The number of carbonyl (C=O) groups is 1. The van der Waals surface area contributed by atoms with Gasteiger partial charge < -0.3 is 15.1 Å². The highest BCUT2D eigenvalue weighted by atomic mass is 16.4. The molecule has 6 nitrogen and oxygen atoms in total. The molecule has 118 valence electrons. The van der Waals surface area contributed by atoms with Crippen LogP contribution in [0.2, 0.25) is 0 Å². The van der Waals surface area contributed by atoms with Crippen LogP contribution >= 0.6 is 0 Å². The van der Waals surface area contributed by atoms with E-state index in [9.17, 15) is 9.59 Å². The summed E-state index contributed by atoms with van der Waals surface area (Å²) in [7, 11) is 0. The Morgan fingerprint density at radius 3 is 2.91 bits per heavy atom. The summed E-state index contributed by atoms with van der Waals surface area (Å²) in [4.78, 5) is 25.5. The number of hydrogen-bond acceptors (Lipinski definition) is 3. The summed E-state index contributed by atoms with van der Waals surface area (Å²) in [6, 6.07) is 5.79. The van der Waals surface area contributed by atoms with Crippen molar-refractivity contribution >= 4 is 17.1 Å². The van der Waals surface area contributed by atoms with Crippen LogP contribution in [0.15, 0.2) is 27.4 Å². The predicted octanol–water partition coefficient (Wildman–Crippen LogP) is 2.30. The molecule has 1 aromatic heterocycles. The van der Waals surface area contributed by atoms with Gasteiger partial charge in [-0.05, 0) is 37.0 Å². The normalized spacial score (nSPS) is 15.8. The maximum Gasteiger partial charge on any atom is 0.417 e. The highest BCUT2D eigenvalue weighted by Crippen LogP contribution is 2.17. The Balaban J connectivity index is 1.46. The van der Waals surface area contributed by atoms with Crippen LogP contribution in [0.1, 0.15) is 37.7 Å². The zero-order valence-corrected chi connectivity index (χ0v) is 12.5. The molecular formula is C16H21N3O3. The molecule has 0 radical (unpaired) electrons. The zero-order valence-electron chi connectivity index (χ0n) is 12.5. The van der Waals surface area contributed by atoms with Crippen LogP contribution in [0, 0.1) is 0 Å². The van der Waals surface area contributed by atoms with Crippen molar-refractivity contribution in [3.05, 3.63) is 34.3 Å². The minimum atomic E-state index is -0.447. The number of amides is 2. The molecule has 0 saturated heterocycles. The summed E-state index contributed by atoms with van der Waals surface area (Å²) >= 11 is 0. The Bertz CT molecular complexity index is 698. The van der Waals surface area contributed by atoms with Gasteiger partial charge in [-0.3, -0.25) is 4.98 Å². The molecule has 1 heterocycles. The summed E-state index contributed by atoms with van der Waals surface area (Å²) in [6.07, 6.45) is 6.54. The third-order valence-corrected chi connectivity index (χ3v) is 4.13. The Hall–Kier alpha value is -2.24. The van der Waals surface area contributed by atoms with Gasteiger partial charge in [0.1, 0.15) is 0 Å². The van der Waals surface area contributed by atoms with Gasteiger partial charge in [-0.2, -0.15) is 0 Å². The second-order valence-corrected chi connectivity index (χ2v) is 5.83. The number of rotatable bonds is 4. The molecule has 1 fully saturated rings. The second kappa shape index (κ2) is 6.68. The van der Waals surface area contributed by atoms with E-state index in [4.69, 9.17) is 4.42 Å². The summed E-state index contributed by atoms with van der Waals surface area (Å²) in [6.45, 7) is 0.554. The fraction of sp³-hybridized carbons (Fsp3) is 0.500. The van der Waals surface area contributed by atoms with Crippen LogP contribution in [-0.4, -0.2) is 23.6 Å². The van der Waals surface area contributed by atoms with Gasteiger partial charge in [0, 0.05) is 12.6 Å². The molecular weight excluding hydrogens is 282 g/mol. The molecule has 0 atom stereocenters. The van der Waals surface area contributed by atoms with Crippen molar-refractivity contribution in [1.29, 1.82) is 0 Å². The van der Waals surface area contributed by atoms with Gasteiger partial charge in [-0.1, -0.05) is 25.3 Å². The molecule has 0 aliphatic heterocycles. The number of aromatic amines is 1. The number of benzene rings is 1. The molecule has 0 bridgehead atoms. The molecule has 1 aliphatic rings. The van der Waals surface area contributed by atoms with Crippen molar-refractivity contribution in [3.63, 3.8) is 0 Å². The quantitative estimate of drug-likeness (QED) is 0.810. The highest BCUT2D eigenvalue weighted by molar-refractivity contribution is 5.74. The average molecular weight is 303 g/mol. The first-order valence-corrected chi connectivity index (χ1v) is 7.87. The monoisotopic (exact) mass is 303 g/mol. The molecule has 1 aromatic carbocycles. The van der Waals surface area contributed by atoms with E-state index < -0.39 is 5.76 Å². The summed E-state index contributed by atoms with van der Waals surface area (Å²) in [5, 5.41) is 5.90. The molecule has 22 heavy (non-hydrogen) atoms. The Morgan fingerprint density at radius 1 is 1.27 bits per heavy atom. The predicted molar refractivity (Wildman–Crippen MR) is 83.9 cm³/mol. The lowest BCUT2D eigenvalue weighted by Crippen LogP contribution is -2.43. The van der Waals surface area contributed by atoms with Crippen molar-refractivity contribution < 1.29 is 9.21 Å². The lowest BCUT2D eigenvalue weighted by molar-refractivity contribution is 0.233. The van der Waals surface area contributed by atoms with Gasteiger partial charge in [0.15, 0.2) is 5.58 Å². The van der Waals surface area contributed by atoms with Gasteiger partial charge in [-0.25, -0.2) is 9.59 Å². The van der Waals surface area contributed by atoms with E-state index in [0.717, 1.165) is 18.4 Å². The number of urea groups is 1. The average Bonchev–Trinajstić information content (AvgIpc) is 2.87. The molecule has 1 aliphatic carbocycles. The molecule has 0 spiro atoms. The van der Waals surface area contributed by atoms with Crippen LogP contribution in [0.3, 0.4) is 0 Å². The third-order valence-electron chi connectivity index (χ3n) is 4.13. The molecule has 2 aromatic rings. The fourth-order valence-electron chi connectivity index (χ4n) is 2.95. The van der Waals surface area contributed by atoms with E-state index in [1.807, 2.05) is 18.2 Å². The first-order valence-electron chi connectivity index (χ1n) is 7.87. The Labute approximate surface area is 128 Å². The molecule has 0 unspecified atom stereocenters. The molecule has 1 saturated carbocycles. The van der Waals surface area contributed by atoms with E-state index >= 15 is 0 Å². The van der Waals surface area contributed by atoms with E-state index in [2.05, 4.69) is 15.6 Å². The van der Waals surface area contributed by atoms with Gasteiger partial charge >= 0.3 is 11.8 Å². The first-order chi connectivity index (χ1) is 10.7. The van der Waals surface area contributed by atoms with Crippen LogP contribution in [0.25, 0.3) is 11.1 Å². The van der Waals surface area contributed by atoms with Gasteiger partial charge in [-0.15, -0.1) is 0 Å². The number of oxazole rings is 1. The van der Waals surface area contributed by atoms with Crippen molar-refractivity contribution in [3.8, 4) is 0 Å². The van der Waals surface area contributed by atoms with Crippen molar-refractivity contribution in [2.24, 2.45) is 0 Å². The van der Waals surface area contributed by atoms with Crippen molar-refractivity contribution in [2.75, 3.05) is 6.54 Å². The van der Waals surface area contributed by atoms with Crippen molar-refractivity contribution in [2.45, 2.75) is 44.6 Å². The van der Waals surface area contributed by atoms with Crippen LogP contribution in [-0.2, 0) is 6.42 Å². The van der Waals surface area contributed by atoms with Crippen LogP contribution in [0.5, 0.6) is 0 Å². The van der Waals surface area contributed by atoms with E-state index in [1.165, 1.54) is 19.3 Å². The SMILES string of the molecule is O=C(NCCc1ccc2[nH]c(=O)oc2c1)NC1CCCCC1. The lowest BCUT2D eigenvalue weighted by Gasteiger charge is -2.22. The molecule has 3 N–H and O–H groups in total. The van der Waals surface area contributed by atoms with E-state index in [0.29, 0.717) is 30.1 Å². The van der Waals surface area contributed by atoms with Crippen LogP contribution in [0.4, 0.5) is 4.79 Å². The van der Waals surface area contributed by atoms with E-state index in [1.54, 1.807) is 0 Å². The van der Waals surface area contributed by atoms with E-state index in [-0.39, 0.29) is 6.03 Å². The zero-order chi connectivity index (χ0) is 15.4. The molecule has 2 amide bonds. The standard InChI is InChI=1S/C16H21N3O3/c20-15(18-12-4-2-1-3-5-12)17-9-8-11-6-7-13-14(10-11)22-16(21)19-13/h6-7,10,12H,1-5,8-9H2,(H,19,21)(H2,17,18,20). The fourth-order valence-corrected chi connectivity index (χ4v) is 2.95. The highest BCUT2D eigenvalue weighted by Gasteiger charge is 2.15. The van der Waals surface area contributed by atoms with Gasteiger partial charge in [0.2, 0.25) is 0 Å². The van der Waals surface area contributed by atoms with Gasteiger partial charge in [0.05, 0.1) is 5.52 Å². The lowest BCUT2D eigenvalue weighted by atomic mass is 9.96. The van der Waals surface area contributed by atoms with Crippen LogP contribution < -0.4 is 16.4 Å². The minimum absolute atomic E-state index is 0.0962. The first kappa shape index (κ1) is 14.7. The molecule has 3 rings (SSSR count). The number of carbonyl (C=O) groups excluding carboxylic acids is 1. The topological polar surface area (TPSA) is 87.1 Å². The number of aromatic nitrogens is 1. The summed E-state index contributed by atoms with van der Waals surface area (Å²) in [5.74, 6) is -0.447. The Morgan fingerprint density at radius 2 is 2.09 bits per heavy atom.